The minimum absolute atomic E-state index is 0.0735. The van der Waals surface area contributed by atoms with Crippen molar-refractivity contribution >= 4 is 22.5 Å². The van der Waals surface area contributed by atoms with Crippen molar-refractivity contribution in [1.29, 1.82) is 0 Å². The molecule has 0 spiro atoms. The molecule has 1 saturated heterocycles. The lowest BCUT2D eigenvalue weighted by Crippen LogP contribution is -3.00. The van der Waals surface area contributed by atoms with Gasteiger partial charge in [-0.15, -0.1) is 0 Å². The minimum Gasteiger partial charge on any atom is -0.595 e. The highest BCUT2D eigenvalue weighted by atomic mass is 16.8. The number of quaternary nitrogens is 1. The number of rotatable bonds is 4. The van der Waals surface area contributed by atoms with Crippen LogP contribution in [0.25, 0.3) is 10.9 Å². The van der Waals surface area contributed by atoms with Gasteiger partial charge in [0.1, 0.15) is 0 Å². The summed E-state index contributed by atoms with van der Waals surface area (Å²) in [4.78, 5) is 27.4. The van der Waals surface area contributed by atoms with Crippen LogP contribution in [0.3, 0.4) is 0 Å². The van der Waals surface area contributed by atoms with E-state index in [9.17, 15) is 20.0 Å². The van der Waals surface area contributed by atoms with Crippen LogP contribution in [0.15, 0.2) is 53.5 Å². The first-order valence-electron chi connectivity index (χ1n) is 10.3. The standard InChI is InChI=1S/C22H24N4O4/c27-21(8-10-23-9-7-16-3-1-2-4-18(16)23)24-12-15-11-17(14-24)19-5-6-20(26(29)30)22(28)25(19)13-15/h1-7,9,15,17,26,29H,8,10-14H2/t15-,17?/m0/s1. The molecule has 156 valence electrons. The summed E-state index contributed by atoms with van der Waals surface area (Å²) in [5.74, 6) is 0.374. The molecule has 2 unspecified atom stereocenters. The Hall–Kier alpha value is -2.94. The molecule has 2 N–H and O–H groups in total. The molecule has 3 atom stereocenters. The number of amides is 1. The summed E-state index contributed by atoms with van der Waals surface area (Å²) in [5, 5.41) is 20.5. The molecule has 2 bridgehead atoms. The number of nitrogens with one attached hydrogen (secondary N) is 1. The van der Waals surface area contributed by atoms with Crippen molar-refractivity contribution in [3.63, 3.8) is 0 Å². The van der Waals surface area contributed by atoms with Crippen molar-refractivity contribution in [1.82, 2.24) is 14.0 Å². The summed E-state index contributed by atoms with van der Waals surface area (Å²) in [6.07, 6.45) is 3.38. The van der Waals surface area contributed by atoms with Gasteiger partial charge in [-0.2, -0.15) is 5.23 Å². The molecule has 8 nitrogen and oxygen atoms in total. The molecule has 4 heterocycles. The van der Waals surface area contributed by atoms with Gasteiger partial charge in [-0.1, -0.05) is 18.2 Å². The third-order valence-electron chi connectivity index (χ3n) is 6.43. The quantitative estimate of drug-likeness (QED) is 0.635. The maximum absolute atomic E-state index is 12.9. The molecule has 1 amide bonds. The number of para-hydroxylation sites is 1. The Morgan fingerprint density at radius 1 is 1.13 bits per heavy atom. The SMILES string of the molecule is O=C(CCn1ccc2ccccc21)N1CC2C[C@@H](C1)Cn1c2ccc([NH+]([O-])O)c1=O. The molecular weight excluding hydrogens is 384 g/mol. The third kappa shape index (κ3) is 3.23. The van der Waals surface area contributed by atoms with Crippen LogP contribution in [0, 0.1) is 11.1 Å². The van der Waals surface area contributed by atoms with E-state index in [-0.39, 0.29) is 23.4 Å². The van der Waals surface area contributed by atoms with Gasteiger partial charge in [-0.05, 0) is 35.9 Å². The second kappa shape index (κ2) is 7.39. The Kier molecular flexibility index (Phi) is 4.69. The number of aryl methyl sites for hydroxylation is 1. The number of hydrogen-bond donors (Lipinski definition) is 2. The summed E-state index contributed by atoms with van der Waals surface area (Å²) < 4.78 is 3.72. The molecule has 8 heteroatoms. The van der Waals surface area contributed by atoms with E-state index >= 15 is 0 Å². The summed E-state index contributed by atoms with van der Waals surface area (Å²) in [6, 6.07) is 13.3. The molecular formula is C22H24N4O4. The van der Waals surface area contributed by atoms with E-state index in [1.807, 2.05) is 23.2 Å². The third-order valence-corrected chi connectivity index (χ3v) is 6.43. The Bertz CT molecular complexity index is 1170. The smallest absolute Gasteiger partial charge is 0.315 e. The van der Waals surface area contributed by atoms with E-state index in [0.29, 0.717) is 32.6 Å². The van der Waals surface area contributed by atoms with Crippen LogP contribution in [0.2, 0.25) is 0 Å². The van der Waals surface area contributed by atoms with Crippen LogP contribution < -0.4 is 10.8 Å². The molecule has 1 aromatic carbocycles. The molecule has 0 radical (unpaired) electrons. The highest BCUT2D eigenvalue weighted by Gasteiger charge is 2.37. The number of nitrogens with zero attached hydrogens (tertiary/aromatic N) is 3. The molecule has 0 aliphatic carbocycles. The van der Waals surface area contributed by atoms with Crippen molar-refractivity contribution < 1.29 is 15.2 Å². The normalized spacial score (nSPS) is 21.5. The lowest BCUT2D eigenvalue weighted by Gasteiger charge is -2.43. The van der Waals surface area contributed by atoms with Gasteiger partial charge >= 0.3 is 5.56 Å². The van der Waals surface area contributed by atoms with Gasteiger partial charge in [0.05, 0.1) is 0 Å². The van der Waals surface area contributed by atoms with E-state index in [1.165, 1.54) is 11.5 Å². The van der Waals surface area contributed by atoms with Gasteiger partial charge in [0, 0.05) is 62.0 Å². The molecule has 30 heavy (non-hydrogen) atoms. The highest BCUT2D eigenvalue weighted by molar-refractivity contribution is 5.80. The molecule has 2 aromatic heterocycles. The Labute approximate surface area is 173 Å². The van der Waals surface area contributed by atoms with Gasteiger partial charge in [-0.25, -0.2) is 5.21 Å². The summed E-state index contributed by atoms with van der Waals surface area (Å²) in [7, 11) is 0. The van der Waals surface area contributed by atoms with Crippen molar-refractivity contribution in [2.45, 2.75) is 31.8 Å². The van der Waals surface area contributed by atoms with Gasteiger partial charge in [-0.3, -0.25) is 9.59 Å². The van der Waals surface area contributed by atoms with Gasteiger partial charge in [0.2, 0.25) is 11.6 Å². The van der Waals surface area contributed by atoms with E-state index in [2.05, 4.69) is 22.8 Å². The number of carbonyl (C=O) groups is 1. The number of hydrogen-bond acceptors (Lipinski definition) is 4. The Morgan fingerprint density at radius 2 is 1.97 bits per heavy atom. The fraction of sp³-hybridized carbons (Fsp3) is 0.364. The molecule has 2 aliphatic rings. The van der Waals surface area contributed by atoms with Crippen molar-refractivity contribution in [3.05, 3.63) is 69.9 Å². The fourth-order valence-corrected chi connectivity index (χ4v) is 5.02. The first-order chi connectivity index (χ1) is 14.5. The van der Waals surface area contributed by atoms with Crippen LogP contribution in [-0.4, -0.2) is 38.2 Å². The van der Waals surface area contributed by atoms with E-state index in [4.69, 9.17) is 0 Å². The van der Waals surface area contributed by atoms with Crippen molar-refractivity contribution in [3.8, 4) is 0 Å². The number of fused-ring (bicyclic) bond motifs is 5. The summed E-state index contributed by atoms with van der Waals surface area (Å²) >= 11 is 0. The second-order valence-electron chi connectivity index (χ2n) is 8.31. The predicted molar refractivity (Wildman–Crippen MR) is 110 cm³/mol. The number of piperidine rings is 1. The highest BCUT2D eigenvalue weighted by Crippen LogP contribution is 2.35. The monoisotopic (exact) mass is 408 g/mol. The maximum atomic E-state index is 12.9. The van der Waals surface area contributed by atoms with Crippen molar-refractivity contribution in [2.24, 2.45) is 5.92 Å². The fourth-order valence-electron chi connectivity index (χ4n) is 5.02. The lowest BCUT2D eigenvalue weighted by atomic mass is 9.83. The van der Waals surface area contributed by atoms with Crippen LogP contribution in [0.5, 0.6) is 0 Å². The number of pyridine rings is 1. The zero-order valence-electron chi connectivity index (χ0n) is 16.5. The molecule has 1 fully saturated rings. The minimum atomic E-state index is -1.19. The first kappa shape index (κ1) is 19.0. The number of benzene rings is 1. The van der Waals surface area contributed by atoms with E-state index in [0.717, 1.165) is 17.6 Å². The predicted octanol–water partition coefficient (Wildman–Crippen LogP) is 1.24. The summed E-state index contributed by atoms with van der Waals surface area (Å²) in [5.41, 5.74) is 1.35. The van der Waals surface area contributed by atoms with Crippen LogP contribution in [0.4, 0.5) is 5.69 Å². The van der Waals surface area contributed by atoms with E-state index in [1.54, 1.807) is 10.6 Å². The average molecular weight is 408 g/mol. The zero-order valence-corrected chi connectivity index (χ0v) is 16.5. The average Bonchev–Trinajstić information content (AvgIpc) is 3.15. The largest absolute Gasteiger partial charge is 0.595 e. The molecule has 2 aliphatic heterocycles. The number of aromatic nitrogens is 2. The molecule has 5 rings (SSSR count). The van der Waals surface area contributed by atoms with Gasteiger partial charge < -0.3 is 19.2 Å². The topological polar surface area (TPSA) is 95.0 Å². The Morgan fingerprint density at radius 3 is 2.80 bits per heavy atom. The summed E-state index contributed by atoms with van der Waals surface area (Å²) in [6.45, 7) is 2.30. The first-order valence-corrected chi connectivity index (χ1v) is 10.3. The van der Waals surface area contributed by atoms with Gasteiger partial charge in [0.25, 0.3) is 0 Å². The number of likely N-dealkylation sites (tertiary alicyclic amines) is 1. The zero-order chi connectivity index (χ0) is 20.8. The van der Waals surface area contributed by atoms with Crippen LogP contribution in [-0.2, 0) is 17.9 Å². The lowest BCUT2D eigenvalue weighted by molar-refractivity contribution is -0.992. The van der Waals surface area contributed by atoms with Gasteiger partial charge in [0.15, 0.2) is 0 Å². The maximum Gasteiger partial charge on any atom is 0.315 e. The van der Waals surface area contributed by atoms with E-state index < -0.39 is 10.8 Å². The second-order valence-corrected chi connectivity index (χ2v) is 8.31. The Balaban J connectivity index is 1.31. The van der Waals surface area contributed by atoms with Crippen molar-refractivity contribution in [2.75, 3.05) is 13.1 Å². The molecule has 0 saturated carbocycles. The van der Waals surface area contributed by atoms with Crippen LogP contribution in [0.1, 0.15) is 24.5 Å². The molecule has 3 aromatic rings. The van der Waals surface area contributed by atoms with Crippen LogP contribution >= 0.6 is 0 Å². The number of carbonyl (C=O) groups excluding carboxylic acids is 1.